The first kappa shape index (κ1) is 15.0. The average Bonchev–Trinajstić information content (AvgIpc) is 2.27. The Balaban J connectivity index is 3.85. The molecule has 0 aliphatic carbocycles. The molecular formula is C14H31N. The standard InChI is InChI=1S/C14H31N/c1-4-7-9-11-13(6-3)14(12-15)10-8-5-2/h13-14H,4-12,15H2,1-3H3. The number of hydrogen-bond donors (Lipinski definition) is 1. The van der Waals surface area contributed by atoms with Gasteiger partial charge in [0.05, 0.1) is 0 Å². The molecule has 2 atom stereocenters. The highest BCUT2D eigenvalue weighted by Gasteiger charge is 2.17. The first-order valence-electron chi connectivity index (χ1n) is 7.00. The predicted octanol–water partition coefficient (Wildman–Crippen LogP) is 4.36. The molecule has 0 radical (unpaired) electrons. The number of nitrogens with two attached hydrogens (primary N) is 1. The van der Waals surface area contributed by atoms with Crippen molar-refractivity contribution in [2.75, 3.05) is 6.54 Å². The van der Waals surface area contributed by atoms with Crippen molar-refractivity contribution in [1.29, 1.82) is 0 Å². The first-order valence-corrected chi connectivity index (χ1v) is 7.00. The third-order valence-electron chi connectivity index (χ3n) is 3.60. The summed E-state index contributed by atoms with van der Waals surface area (Å²) in [5.41, 5.74) is 5.89. The summed E-state index contributed by atoms with van der Waals surface area (Å²) < 4.78 is 0. The molecule has 92 valence electrons. The zero-order valence-electron chi connectivity index (χ0n) is 11.1. The van der Waals surface area contributed by atoms with Gasteiger partial charge in [-0.05, 0) is 24.8 Å². The molecule has 0 rings (SSSR count). The van der Waals surface area contributed by atoms with Crippen LogP contribution in [0.4, 0.5) is 0 Å². The van der Waals surface area contributed by atoms with Crippen LogP contribution in [0.25, 0.3) is 0 Å². The van der Waals surface area contributed by atoms with E-state index in [1.807, 2.05) is 0 Å². The lowest BCUT2D eigenvalue weighted by Gasteiger charge is -2.25. The molecule has 2 N–H and O–H groups in total. The fraction of sp³-hybridized carbons (Fsp3) is 1.00. The summed E-state index contributed by atoms with van der Waals surface area (Å²) in [6.45, 7) is 7.76. The summed E-state index contributed by atoms with van der Waals surface area (Å²) in [7, 11) is 0. The second kappa shape index (κ2) is 10.5. The van der Waals surface area contributed by atoms with Gasteiger partial charge in [0.25, 0.3) is 0 Å². The molecule has 0 amide bonds. The Bertz CT molecular complexity index is 123. The third-order valence-corrected chi connectivity index (χ3v) is 3.60. The summed E-state index contributed by atoms with van der Waals surface area (Å²) in [6, 6.07) is 0. The molecular weight excluding hydrogens is 182 g/mol. The monoisotopic (exact) mass is 213 g/mol. The van der Waals surface area contributed by atoms with E-state index in [-0.39, 0.29) is 0 Å². The minimum Gasteiger partial charge on any atom is -0.330 e. The smallest absolute Gasteiger partial charge is 0.00462 e. The Kier molecular flexibility index (Phi) is 10.4. The summed E-state index contributed by atoms with van der Waals surface area (Å²) in [5, 5.41) is 0. The van der Waals surface area contributed by atoms with Crippen molar-refractivity contribution in [1.82, 2.24) is 0 Å². The average molecular weight is 213 g/mol. The van der Waals surface area contributed by atoms with Crippen LogP contribution in [-0.2, 0) is 0 Å². The summed E-state index contributed by atoms with van der Waals surface area (Å²) in [5.74, 6) is 1.67. The van der Waals surface area contributed by atoms with Gasteiger partial charge in [0, 0.05) is 0 Å². The topological polar surface area (TPSA) is 26.0 Å². The third kappa shape index (κ3) is 6.94. The Morgan fingerprint density at radius 3 is 1.87 bits per heavy atom. The molecule has 0 heterocycles. The minimum absolute atomic E-state index is 0.784. The molecule has 0 saturated carbocycles. The van der Waals surface area contributed by atoms with Gasteiger partial charge < -0.3 is 5.73 Å². The van der Waals surface area contributed by atoms with E-state index in [9.17, 15) is 0 Å². The Labute approximate surface area is 96.8 Å². The van der Waals surface area contributed by atoms with E-state index in [1.165, 1.54) is 51.4 Å². The van der Waals surface area contributed by atoms with Crippen molar-refractivity contribution >= 4 is 0 Å². The van der Waals surface area contributed by atoms with Crippen molar-refractivity contribution in [3.05, 3.63) is 0 Å². The van der Waals surface area contributed by atoms with Crippen LogP contribution >= 0.6 is 0 Å². The van der Waals surface area contributed by atoms with Gasteiger partial charge in [-0.2, -0.15) is 0 Å². The second-order valence-corrected chi connectivity index (χ2v) is 4.80. The molecule has 15 heavy (non-hydrogen) atoms. The fourth-order valence-corrected chi connectivity index (χ4v) is 2.44. The quantitative estimate of drug-likeness (QED) is 0.536. The van der Waals surface area contributed by atoms with E-state index >= 15 is 0 Å². The van der Waals surface area contributed by atoms with Crippen LogP contribution in [-0.4, -0.2) is 6.54 Å². The van der Waals surface area contributed by atoms with Crippen molar-refractivity contribution < 1.29 is 0 Å². The largest absolute Gasteiger partial charge is 0.330 e. The van der Waals surface area contributed by atoms with Crippen molar-refractivity contribution in [2.24, 2.45) is 17.6 Å². The van der Waals surface area contributed by atoms with Gasteiger partial charge in [0.2, 0.25) is 0 Å². The van der Waals surface area contributed by atoms with Gasteiger partial charge in [-0.1, -0.05) is 65.7 Å². The SMILES string of the molecule is CCCCCC(CC)C(CN)CCCC. The zero-order chi connectivity index (χ0) is 11.5. The van der Waals surface area contributed by atoms with Crippen molar-refractivity contribution in [2.45, 2.75) is 72.1 Å². The van der Waals surface area contributed by atoms with Gasteiger partial charge in [0.1, 0.15) is 0 Å². The van der Waals surface area contributed by atoms with E-state index in [4.69, 9.17) is 5.73 Å². The first-order chi connectivity index (χ1) is 7.29. The molecule has 0 bridgehead atoms. The molecule has 1 heteroatoms. The molecule has 0 aliphatic rings. The van der Waals surface area contributed by atoms with Gasteiger partial charge in [0.15, 0.2) is 0 Å². The number of hydrogen-bond acceptors (Lipinski definition) is 1. The van der Waals surface area contributed by atoms with Crippen LogP contribution in [0.5, 0.6) is 0 Å². The Hall–Kier alpha value is -0.0400. The molecule has 1 nitrogen and oxygen atoms in total. The predicted molar refractivity (Wildman–Crippen MR) is 70.0 cm³/mol. The van der Waals surface area contributed by atoms with Crippen LogP contribution in [0, 0.1) is 11.8 Å². The van der Waals surface area contributed by atoms with Crippen molar-refractivity contribution in [3.63, 3.8) is 0 Å². The second-order valence-electron chi connectivity index (χ2n) is 4.80. The van der Waals surface area contributed by atoms with Gasteiger partial charge in [-0.3, -0.25) is 0 Å². The normalized spacial score (nSPS) is 15.2. The molecule has 2 unspecified atom stereocenters. The Morgan fingerprint density at radius 2 is 1.40 bits per heavy atom. The van der Waals surface area contributed by atoms with Crippen LogP contribution in [0.1, 0.15) is 72.1 Å². The van der Waals surface area contributed by atoms with E-state index < -0.39 is 0 Å². The summed E-state index contributed by atoms with van der Waals surface area (Å²) >= 11 is 0. The van der Waals surface area contributed by atoms with E-state index in [0.717, 1.165) is 18.4 Å². The highest BCUT2D eigenvalue weighted by atomic mass is 14.6. The van der Waals surface area contributed by atoms with Gasteiger partial charge in [-0.15, -0.1) is 0 Å². The molecule has 0 aromatic heterocycles. The van der Waals surface area contributed by atoms with Crippen LogP contribution in [0.15, 0.2) is 0 Å². The zero-order valence-corrected chi connectivity index (χ0v) is 11.1. The van der Waals surface area contributed by atoms with Crippen LogP contribution < -0.4 is 5.73 Å². The molecule has 0 spiro atoms. The lowest BCUT2D eigenvalue weighted by molar-refractivity contribution is 0.279. The minimum atomic E-state index is 0.784. The summed E-state index contributed by atoms with van der Waals surface area (Å²) in [4.78, 5) is 0. The van der Waals surface area contributed by atoms with Gasteiger partial charge >= 0.3 is 0 Å². The maximum absolute atomic E-state index is 5.89. The number of rotatable bonds is 10. The highest BCUT2D eigenvalue weighted by Crippen LogP contribution is 2.26. The van der Waals surface area contributed by atoms with E-state index in [2.05, 4.69) is 20.8 Å². The molecule has 0 fully saturated rings. The molecule has 0 saturated heterocycles. The lowest BCUT2D eigenvalue weighted by Crippen LogP contribution is -2.23. The van der Waals surface area contributed by atoms with Gasteiger partial charge in [-0.25, -0.2) is 0 Å². The molecule has 0 aromatic carbocycles. The van der Waals surface area contributed by atoms with E-state index in [1.54, 1.807) is 0 Å². The number of unbranched alkanes of at least 4 members (excludes halogenated alkanes) is 3. The van der Waals surface area contributed by atoms with Crippen LogP contribution in [0.2, 0.25) is 0 Å². The van der Waals surface area contributed by atoms with Crippen molar-refractivity contribution in [3.8, 4) is 0 Å². The van der Waals surface area contributed by atoms with E-state index in [0.29, 0.717) is 0 Å². The maximum Gasteiger partial charge on any atom is -0.00462 e. The highest BCUT2D eigenvalue weighted by molar-refractivity contribution is 4.70. The molecule has 0 aromatic rings. The van der Waals surface area contributed by atoms with Crippen LogP contribution in [0.3, 0.4) is 0 Å². The maximum atomic E-state index is 5.89. The molecule has 0 aliphatic heterocycles. The summed E-state index contributed by atoms with van der Waals surface area (Å²) in [6.07, 6.45) is 10.8. The fourth-order valence-electron chi connectivity index (χ4n) is 2.44. The lowest BCUT2D eigenvalue weighted by atomic mass is 9.82. The Morgan fingerprint density at radius 1 is 0.800 bits per heavy atom.